The molecule has 0 unspecified atom stereocenters. The standard InChI is InChI=1S/C20H27N3O4/c1-20(15-8-10-16(27-2)11-9-15)18(25)23(19(26)21-20)14-17(24)22-12-6-4-3-5-7-13-22/h8-11H,3-7,12-14H2,1-2H3,(H,21,26)/t20-/m0/s1. The Bertz CT molecular complexity index is 710. The number of hydrogen-bond donors (Lipinski definition) is 1. The Morgan fingerprint density at radius 3 is 2.26 bits per heavy atom. The van der Waals surface area contributed by atoms with E-state index in [-0.39, 0.29) is 12.5 Å². The van der Waals surface area contributed by atoms with Crippen LogP contribution in [0.5, 0.6) is 5.75 Å². The van der Waals surface area contributed by atoms with Crippen LogP contribution in [0.15, 0.2) is 24.3 Å². The summed E-state index contributed by atoms with van der Waals surface area (Å²) in [5, 5.41) is 2.74. The summed E-state index contributed by atoms with van der Waals surface area (Å²) in [7, 11) is 1.57. The van der Waals surface area contributed by atoms with Crippen molar-refractivity contribution in [3.05, 3.63) is 29.8 Å². The predicted molar refractivity (Wildman–Crippen MR) is 100 cm³/mol. The van der Waals surface area contributed by atoms with Crippen molar-refractivity contribution in [3.63, 3.8) is 0 Å². The first kappa shape index (κ1) is 19.2. The fourth-order valence-electron chi connectivity index (χ4n) is 3.69. The predicted octanol–water partition coefficient (Wildman–Crippen LogP) is 2.25. The molecule has 0 saturated carbocycles. The fourth-order valence-corrected chi connectivity index (χ4v) is 3.69. The minimum Gasteiger partial charge on any atom is -0.497 e. The third-order valence-corrected chi connectivity index (χ3v) is 5.44. The summed E-state index contributed by atoms with van der Waals surface area (Å²) in [5.74, 6) is 0.0979. The van der Waals surface area contributed by atoms with Crippen LogP contribution < -0.4 is 10.1 Å². The van der Waals surface area contributed by atoms with Crippen LogP contribution in [-0.4, -0.2) is 54.4 Å². The van der Waals surface area contributed by atoms with E-state index in [1.165, 1.54) is 6.42 Å². The second-order valence-corrected chi connectivity index (χ2v) is 7.32. The van der Waals surface area contributed by atoms with Crippen LogP contribution in [0.3, 0.4) is 0 Å². The van der Waals surface area contributed by atoms with Gasteiger partial charge in [0.05, 0.1) is 7.11 Å². The Balaban J connectivity index is 1.72. The lowest BCUT2D eigenvalue weighted by molar-refractivity contribution is -0.139. The van der Waals surface area contributed by atoms with Crippen LogP contribution in [0.4, 0.5) is 4.79 Å². The first-order chi connectivity index (χ1) is 13.0. The minimum absolute atomic E-state index is 0.167. The Morgan fingerprint density at radius 1 is 1.07 bits per heavy atom. The largest absolute Gasteiger partial charge is 0.497 e. The maximum Gasteiger partial charge on any atom is 0.325 e. The molecule has 1 aromatic carbocycles. The Kier molecular flexibility index (Phi) is 5.68. The van der Waals surface area contributed by atoms with Crippen LogP contribution in [0, 0.1) is 0 Å². The normalized spacial score (nSPS) is 23.6. The van der Waals surface area contributed by atoms with E-state index in [0.717, 1.165) is 30.6 Å². The second-order valence-electron chi connectivity index (χ2n) is 7.32. The number of nitrogens with zero attached hydrogens (tertiary/aromatic N) is 2. The van der Waals surface area contributed by atoms with Crippen molar-refractivity contribution in [1.82, 2.24) is 15.1 Å². The number of likely N-dealkylation sites (tertiary alicyclic amines) is 1. The number of methoxy groups -OCH3 is 1. The molecule has 146 valence electrons. The van der Waals surface area contributed by atoms with Gasteiger partial charge in [0.1, 0.15) is 17.8 Å². The van der Waals surface area contributed by atoms with Gasteiger partial charge in [-0.05, 0) is 37.5 Å². The van der Waals surface area contributed by atoms with E-state index in [1.54, 1.807) is 43.2 Å². The number of rotatable bonds is 4. The second kappa shape index (κ2) is 7.98. The number of hydrogen-bond acceptors (Lipinski definition) is 4. The Morgan fingerprint density at radius 2 is 1.67 bits per heavy atom. The molecule has 0 radical (unpaired) electrons. The van der Waals surface area contributed by atoms with Crippen molar-refractivity contribution in [2.75, 3.05) is 26.7 Å². The van der Waals surface area contributed by atoms with E-state index in [1.807, 2.05) is 0 Å². The van der Waals surface area contributed by atoms with Gasteiger partial charge in [-0.2, -0.15) is 0 Å². The molecule has 0 aliphatic carbocycles. The number of urea groups is 1. The molecule has 2 fully saturated rings. The van der Waals surface area contributed by atoms with Crippen molar-refractivity contribution >= 4 is 17.8 Å². The number of nitrogens with one attached hydrogen (secondary N) is 1. The molecule has 27 heavy (non-hydrogen) atoms. The molecular formula is C20H27N3O4. The molecule has 2 aliphatic rings. The van der Waals surface area contributed by atoms with Crippen molar-refractivity contribution in [2.45, 2.75) is 44.6 Å². The van der Waals surface area contributed by atoms with Gasteiger partial charge in [0.15, 0.2) is 0 Å². The van der Waals surface area contributed by atoms with Gasteiger partial charge in [-0.1, -0.05) is 31.4 Å². The highest BCUT2D eigenvalue weighted by molar-refractivity contribution is 6.09. The molecule has 2 aliphatic heterocycles. The zero-order valence-electron chi connectivity index (χ0n) is 16.0. The van der Waals surface area contributed by atoms with Crippen LogP contribution in [0.1, 0.15) is 44.6 Å². The summed E-state index contributed by atoms with van der Waals surface area (Å²) in [6, 6.07) is 6.46. The van der Waals surface area contributed by atoms with Gasteiger partial charge in [0.25, 0.3) is 5.91 Å². The maximum atomic E-state index is 13.0. The average molecular weight is 373 g/mol. The average Bonchev–Trinajstić information content (AvgIpc) is 2.85. The summed E-state index contributed by atoms with van der Waals surface area (Å²) in [4.78, 5) is 40.9. The van der Waals surface area contributed by atoms with E-state index in [4.69, 9.17) is 4.74 Å². The molecule has 3 rings (SSSR count). The number of benzene rings is 1. The molecule has 0 spiro atoms. The van der Waals surface area contributed by atoms with Crippen molar-refractivity contribution in [1.29, 1.82) is 0 Å². The van der Waals surface area contributed by atoms with Crippen LogP contribution in [0.2, 0.25) is 0 Å². The molecule has 1 aromatic rings. The molecule has 4 amide bonds. The van der Waals surface area contributed by atoms with Crippen molar-refractivity contribution in [2.24, 2.45) is 0 Å². The van der Waals surface area contributed by atoms with E-state index >= 15 is 0 Å². The maximum absolute atomic E-state index is 13.0. The van der Waals surface area contributed by atoms with Gasteiger partial charge in [0, 0.05) is 13.1 Å². The monoisotopic (exact) mass is 373 g/mol. The summed E-state index contributed by atoms with van der Waals surface area (Å²) in [5.41, 5.74) is -0.525. The SMILES string of the molecule is COc1ccc([C@]2(C)NC(=O)N(CC(=O)N3CCCCCCC3)C2=O)cc1. The quantitative estimate of drug-likeness (QED) is 0.821. The van der Waals surface area contributed by atoms with E-state index in [0.29, 0.717) is 24.4 Å². The van der Waals surface area contributed by atoms with Gasteiger partial charge < -0.3 is 15.0 Å². The molecule has 2 saturated heterocycles. The molecule has 7 nitrogen and oxygen atoms in total. The summed E-state index contributed by atoms with van der Waals surface area (Å²) < 4.78 is 5.14. The third kappa shape index (κ3) is 3.91. The van der Waals surface area contributed by atoms with E-state index < -0.39 is 17.5 Å². The molecule has 1 N–H and O–H groups in total. The molecule has 7 heteroatoms. The van der Waals surface area contributed by atoms with E-state index in [2.05, 4.69) is 5.32 Å². The molecule has 2 heterocycles. The van der Waals surface area contributed by atoms with Gasteiger partial charge in [-0.15, -0.1) is 0 Å². The first-order valence-corrected chi connectivity index (χ1v) is 9.52. The molecule has 0 bridgehead atoms. The highest BCUT2D eigenvalue weighted by atomic mass is 16.5. The van der Waals surface area contributed by atoms with Gasteiger partial charge in [0.2, 0.25) is 5.91 Å². The highest BCUT2D eigenvalue weighted by Crippen LogP contribution is 2.30. The lowest BCUT2D eigenvalue weighted by atomic mass is 9.92. The summed E-state index contributed by atoms with van der Waals surface area (Å²) >= 11 is 0. The smallest absolute Gasteiger partial charge is 0.325 e. The van der Waals surface area contributed by atoms with Gasteiger partial charge in [-0.3, -0.25) is 14.5 Å². The first-order valence-electron chi connectivity index (χ1n) is 9.52. The summed E-state index contributed by atoms with van der Waals surface area (Å²) in [6.07, 6.45) is 5.37. The van der Waals surface area contributed by atoms with E-state index in [9.17, 15) is 14.4 Å². The topological polar surface area (TPSA) is 79.0 Å². The number of carbonyl (C=O) groups excluding carboxylic acids is 3. The fraction of sp³-hybridized carbons (Fsp3) is 0.550. The molecule has 0 aromatic heterocycles. The number of ether oxygens (including phenoxy) is 1. The number of carbonyl (C=O) groups is 3. The third-order valence-electron chi connectivity index (χ3n) is 5.44. The summed E-state index contributed by atoms with van der Waals surface area (Å²) in [6.45, 7) is 2.84. The van der Waals surface area contributed by atoms with Crippen molar-refractivity contribution < 1.29 is 19.1 Å². The minimum atomic E-state index is -1.18. The lowest BCUT2D eigenvalue weighted by Crippen LogP contribution is -2.45. The van der Waals surface area contributed by atoms with Crippen molar-refractivity contribution in [3.8, 4) is 5.75 Å². The Labute approximate surface area is 159 Å². The Hall–Kier alpha value is -2.57. The number of imide groups is 1. The van der Waals surface area contributed by atoms with Gasteiger partial charge in [-0.25, -0.2) is 4.79 Å². The molecule has 1 atom stereocenters. The van der Waals surface area contributed by atoms with Crippen LogP contribution in [0.25, 0.3) is 0 Å². The zero-order valence-corrected chi connectivity index (χ0v) is 16.0. The number of amides is 4. The zero-order chi connectivity index (χ0) is 19.4. The van der Waals surface area contributed by atoms with Crippen LogP contribution in [-0.2, 0) is 15.1 Å². The highest BCUT2D eigenvalue weighted by Gasteiger charge is 2.49. The van der Waals surface area contributed by atoms with Crippen LogP contribution >= 0.6 is 0 Å². The molecular weight excluding hydrogens is 346 g/mol. The lowest BCUT2D eigenvalue weighted by Gasteiger charge is -2.27. The van der Waals surface area contributed by atoms with Gasteiger partial charge >= 0.3 is 6.03 Å².